The van der Waals surface area contributed by atoms with Gasteiger partial charge in [-0.2, -0.15) is 0 Å². The first-order valence-corrected chi connectivity index (χ1v) is 8.32. The number of hydrogen-bond acceptors (Lipinski definition) is 4. The number of carbonyl (C=O) groups is 1. The number of benzene rings is 2. The minimum absolute atomic E-state index is 0.233. The van der Waals surface area contributed by atoms with Crippen LogP contribution < -0.4 is 25.6 Å². The molecule has 0 fully saturated rings. The number of anilines is 1. The summed E-state index contributed by atoms with van der Waals surface area (Å²) in [4.78, 5) is 11.9. The van der Waals surface area contributed by atoms with Gasteiger partial charge in [0.05, 0.1) is 14.2 Å². The monoisotopic (exact) mass is 391 g/mol. The van der Waals surface area contributed by atoms with Gasteiger partial charge in [0.15, 0.2) is 5.11 Å². The van der Waals surface area contributed by atoms with Crippen LogP contribution in [0.15, 0.2) is 48.5 Å². The molecule has 3 N–H and O–H groups in total. The maximum Gasteiger partial charge on any atom is 0.262 e. The van der Waals surface area contributed by atoms with E-state index in [1.165, 1.54) is 6.08 Å². The Morgan fingerprint density at radius 3 is 2.38 bits per heavy atom. The molecule has 0 aliphatic rings. The van der Waals surface area contributed by atoms with Gasteiger partial charge < -0.3 is 14.8 Å². The summed E-state index contributed by atoms with van der Waals surface area (Å²) < 4.78 is 10.4. The van der Waals surface area contributed by atoms with Crippen molar-refractivity contribution in [2.45, 2.75) is 0 Å². The Kier molecular flexibility index (Phi) is 7.25. The molecule has 2 aromatic rings. The van der Waals surface area contributed by atoms with Crippen LogP contribution in [0.25, 0.3) is 6.08 Å². The highest BCUT2D eigenvalue weighted by molar-refractivity contribution is 7.80. The van der Waals surface area contributed by atoms with Gasteiger partial charge >= 0.3 is 0 Å². The molecule has 0 heterocycles. The second kappa shape index (κ2) is 9.65. The lowest BCUT2D eigenvalue weighted by Crippen LogP contribution is -2.43. The molecule has 0 saturated carbocycles. The Balaban J connectivity index is 1.88. The predicted octanol–water partition coefficient (Wildman–Crippen LogP) is 3.39. The van der Waals surface area contributed by atoms with Crippen molar-refractivity contribution < 1.29 is 14.3 Å². The molecule has 0 aliphatic heterocycles. The van der Waals surface area contributed by atoms with E-state index in [4.69, 9.17) is 33.3 Å². The molecule has 26 heavy (non-hydrogen) atoms. The number of hydrazine groups is 1. The first-order chi connectivity index (χ1) is 12.5. The number of nitrogens with one attached hydrogen (secondary N) is 3. The SMILES string of the molecule is COc1cc(/C=C/C(=O)NNC(=S)Nc2cccc(Cl)c2)cc(OC)c1. The van der Waals surface area contributed by atoms with E-state index in [2.05, 4.69) is 16.2 Å². The van der Waals surface area contributed by atoms with Crippen molar-refractivity contribution in [3.05, 3.63) is 59.1 Å². The van der Waals surface area contributed by atoms with Crippen LogP contribution >= 0.6 is 23.8 Å². The Labute approximate surface area is 162 Å². The fourth-order valence-electron chi connectivity index (χ4n) is 1.99. The number of halogens is 1. The smallest absolute Gasteiger partial charge is 0.262 e. The van der Waals surface area contributed by atoms with Gasteiger partial charge in [-0.3, -0.25) is 15.6 Å². The molecule has 8 heteroatoms. The molecular weight excluding hydrogens is 374 g/mol. The lowest BCUT2D eigenvalue weighted by atomic mass is 10.2. The van der Waals surface area contributed by atoms with E-state index in [1.54, 1.807) is 62.8 Å². The van der Waals surface area contributed by atoms with E-state index in [0.717, 1.165) is 5.56 Å². The molecular formula is C18H18ClN3O3S. The van der Waals surface area contributed by atoms with Crippen LogP contribution in [0.2, 0.25) is 5.02 Å². The predicted molar refractivity (Wildman–Crippen MR) is 108 cm³/mol. The van der Waals surface area contributed by atoms with E-state index >= 15 is 0 Å². The molecule has 0 unspecified atom stereocenters. The summed E-state index contributed by atoms with van der Waals surface area (Å²) in [6.45, 7) is 0. The lowest BCUT2D eigenvalue weighted by molar-refractivity contribution is -0.116. The molecule has 6 nitrogen and oxygen atoms in total. The summed E-state index contributed by atoms with van der Waals surface area (Å²) in [7, 11) is 3.12. The van der Waals surface area contributed by atoms with Gasteiger partial charge in [-0.15, -0.1) is 0 Å². The minimum Gasteiger partial charge on any atom is -0.497 e. The molecule has 2 rings (SSSR count). The van der Waals surface area contributed by atoms with Crippen LogP contribution in [-0.2, 0) is 4.79 Å². The number of rotatable bonds is 5. The quantitative estimate of drug-likeness (QED) is 0.412. The average molecular weight is 392 g/mol. The van der Waals surface area contributed by atoms with E-state index in [-0.39, 0.29) is 11.0 Å². The van der Waals surface area contributed by atoms with Gasteiger partial charge in [0, 0.05) is 22.9 Å². The third-order valence-electron chi connectivity index (χ3n) is 3.18. The van der Waals surface area contributed by atoms with Gasteiger partial charge in [0.2, 0.25) is 0 Å². The summed E-state index contributed by atoms with van der Waals surface area (Å²) in [5, 5.41) is 3.72. The molecule has 0 atom stereocenters. The summed E-state index contributed by atoms with van der Waals surface area (Å²) in [6, 6.07) is 12.4. The highest BCUT2D eigenvalue weighted by Gasteiger charge is 2.02. The standard InChI is InChI=1S/C18H18ClN3O3S/c1-24-15-8-12(9-16(11-15)25-2)6-7-17(23)21-22-18(26)20-14-5-3-4-13(19)10-14/h3-11H,1-2H3,(H,21,23)(H2,20,22,26)/b7-6+. The van der Waals surface area contributed by atoms with Crippen LogP contribution in [0, 0.1) is 0 Å². The van der Waals surface area contributed by atoms with E-state index in [9.17, 15) is 4.79 Å². The molecule has 1 amide bonds. The minimum atomic E-state index is -0.373. The Hall–Kier alpha value is -2.77. The third-order valence-corrected chi connectivity index (χ3v) is 3.62. The zero-order valence-electron chi connectivity index (χ0n) is 14.2. The highest BCUT2D eigenvalue weighted by atomic mass is 35.5. The summed E-state index contributed by atoms with van der Waals surface area (Å²) in [5.74, 6) is 0.894. The Bertz CT molecular complexity index is 805. The number of hydrogen-bond donors (Lipinski definition) is 3. The number of ether oxygens (including phenoxy) is 2. The largest absolute Gasteiger partial charge is 0.497 e. The van der Waals surface area contributed by atoms with Crippen molar-refractivity contribution in [3.8, 4) is 11.5 Å². The zero-order valence-corrected chi connectivity index (χ0v) is 15.8. The van der Waals surface area contributed by atoms with Crippen LogP contribution in [0.5, 0.6) is 11.5 Å². The summed E-state index contributed by atoms with van der Waals surface area (Å²) >= 11 is 11.0. The van der Waals surface area contributed by atoms with Crippen molar-refractivity contribution >= 4 is 46.6 Å². The van der Waals surface area contributed by atoms with Crippen molar-refractivity contribution in [3.63, 3.8) is 0 Å². The van der Waals surface area contributed by atoms with Gasteiger partial charge in [0.1, 0.15) is 11.5 Å². The fourth-order valence-corrected chi connectivity index (χ4v) is 2.35. The summed E-state index contributed by atoms with van der Waals surface area (Å²) in [6.07, 6.45) is 3.00. The second-order valence-electron chi connectivity index (χ2n) is 5.06. The van der Waals surface area contributed by atoms with E-state index in [0.29, 0.717) is 22.2 Å². The van der Waals surface area contributed by atoms with Gasteiger partial charge in [-0.05, 0) is 54.2 Å². The molecule has 0 spiro atoms. The average Bonchev–Trinajstić information content (AvgIpc) is 2.64. The topological polar surface area (TPSA) is 71.6 Å². The molecule has 0 aromatic heterocycles. The van der Waals surface area contributed by atoms with Gasteiger partial charge in [-0.1, -0.05) is 17.7 Å². The van der Waals surface area contributed by atoms with Gasteiger partial charge in [-0.25, -0.2) is 0 Å². The van der Waals surface area contributed by atoms with Crippen LogP contribution in [0.4, 0.5) is 5.69 Å². The normalized spacial score (nSPS) is 10.3. The van der Waals surface area contributed by atoms with Crippen molar-refractivity contribution in [2.24, 2.45) is 0 Å². The Morgan fingerprint density at radius 1 is 1.08 bits per heavy atom. The maximum atomic E-state index is 11.9. The van der Waals surface area contributed by atoms with Crippen LogP contribution in [0.1, 0.15) is 5.56 Å². The lowest BCUT2D eigenvalue weighted by Gasteiger charge is -2.10. The Morgan fingerprint density at radius 2 is 1.77 bits per heavy atom. The third kappa shape index (κ3) is 6.27. The van der Waals surface area contributed by atoms with Gasteiger partial charge in [0.25, 0.3) is 5.91 Å². The number of methoxy groups -OCH3 is 2. The number of carbonyl (C=O) groups excluding carboxylic acids is 1. The van der Waals surface area contributed by atoms with Crippen molar-refractivity contribution in [1.29, 1.82) is 0 Å². The van der Waals surface area contributed by atoms with E-state index < -0.39 is 0 Å². The maximum absolute atomic E-state index is 11.9. The van der Waals surface area contributed by atoms with E-state index in [1.807, 2.05) is 0 Å². The van der Waals surface area contributed by atoms with Crippen LogP contribution in [0.3, 0.4) is 0 Å². The number of thiocarbonyl (C=S) groups is 1. The summed E-state index contributed by atoms with van der Waals surface area (Å²) in [5.41, 5.74) is 6.55. The second-order valence-corrected chi connectivity index (χ2v) is 5.90. The molecule has 0 bridgehead atoms. The van der Waals surface area contributed by atoms with Crippen LogP contribution in [-0.4, -0.2) is 25.2 Å². The molecule has 0 saturated heterocycles. The van der Waals surface area contributed by atoms with Crippen molar-refractivity contribution in [2.75, 3.05) is 19.5 Å². The molecule has 0 aliphatic carbocycles. The highest BCUT2D eigenvalue weighted by Crippen LogP contribution is 2.23. The zero-order chi connectivity index (χ0) is 18.9. The molecule has 136 valence electrons. The first kappa shape index (κ1) is 19.6. The fraction of sp³-hybridized carbons (Fsp3) is 0.111. The first-order valence-electron chi connectivity index (χ1n) is 7.54. The molecule has 2 aromatic carbocycles. The number of amides is 1. The molecule has 0 radical (unpaired) electrons. The van der Waals surface area contributed by atoms with Crippen molar-refractivity contribution in [1.82, 2.24) is 10.9 Å².